The molecule has 8 nitrogen and oxygen atoms in total. The first kappa shape index (κ1) is 19.5. The normalized spacial score (nSPS) is 16.8. The topological polar surface area (TPSA) is 105 Å². The maximum absolute atomic E-state index is 13.0. The molecule has 0 bridgehead atoms. The van der Waals surface area contributed by atoms with Gasteiger partial charge in [-0.1, -0.05) is 19.1 Å². The van der Waals surface area contributed by atoms with Crippen molar-refractivity contribution in [2.24, 2.45) is 0 Å². The van der Waals surface area contributed by atoms with Gasteiger partial charge >= 0.3 is 0 Å². The Morgan fingerprint density at radius 2 is 1.96 bits per heavy atom. The fourth-order valence-corrected chi connectivity index (χ4v) is 4.37. The van der Waals surface area contributed by atoms with Crippen LogP contribution in [-0.2, 0) is 26.9 Å². The van der Waals surface area contributed by atoms with Crippen LogP contribution in [0.3, 0.4) is 0 Å². The lowest BCUT2D eigenvalue weighted by molar-refractivity contribution is -0.132. The molecule has 0 aliphatic carbocycles. The van der Waals surface area contributed by atoms with E-state index in [0.717, 1.165) is 18.7 Å². The number of sulfonamides is 1. The van der Waals surface area contributed by atoms with Crippen LogP contribution in [0.15, 0.2) is 47.6 Å². The van der Waals surface area contributed by atoms with E-state index < -0.39 is 15.6 Å². The molecule has 1 aliphatic heterocycles. The van der Waals surface area contributed by atoms with Gasteiger partial charge < -0.3 is 10.6 Å². The molecule has 2 aromatic rings. The smallest absolute Gasteiger partial charge is 0.248 e. The van der Waals surface area contributed by atoms with Crippen molar-refractivity contribution < 1.29 is 13.2 Å². The number of benzene rings is 1. The predicted octanol–water partition coefficient (Wildman–Crippen LogP) is 0.576. The van der Waals surface area contributed by atoms with Crippen LogP contribution in [0.2, 0.25) is 0 Å². The fraction of sp³-hybridized carbons (Fsp3) is 0.444. The van der Waals surface area contributed by atoms with Gasteiger partial charge in [-0.3, -0.25) is 9.48 Å². The Bertz CT molecular complexity index is 857. The van der Waals surface area contributed by atoms with E-state index >= 15 is 0 Å². The summed E-state index contributed by atoms with van der Waals surface area (Å²) in [4.78, 5) is 13.2. The van der Waals surface area contributed by atoms with Crippen molar-refractivity contribution in [1.82, 2.24) is 25.1 Å². The third-order valence-corrected chi connectivity index (χ3v) is 6.38. The van der Waals surface area contributed by atoms with Gasteiger partial charge in [0.1, 0.15) is 5.54 Å². The highest BCUT2D eigenvalue weighted by Gasteiger charge is 2.41. The van der Waals surface area contributed by atoms with Crippen molar-refractivity contribution in [3.8, 4) is 0 Å². The van der Waals surface area contributed by atoms with E-state index in [1.807, 2.05) is 12.3 Å². The van der Waals surface area contributed by atoms with E-state index in [1.54, 1.807) is 42.1 Å². The Hall–Kier alpha value is -2.23. The first-order chi connectivity index (χ1) is 13.0. The zero-order valence-corrected chi connectivity index (χ0v) is 16.1. The number of piperidine rings is 1. The molecule has 27 heavy (non-hydrogen) atoms. The Balaban J connectivity index is 1.69. The molecular formula is C18H25N5O3S. The summed E-state index contributed by atoms with van der Waals surface area (Å²) in [5.74, 6) is -0.0722. The average molecular weight is 391 g/mol. The second kappa shape index (κ2) is 8.20. The highest BCUT2D eigenvalue weighted by molar-refractivity contribution is 7.89. The van der Waals surface area contributed by atoms with Gasteiger partial charge in [0, 0.05) is 25.5 Å². The second-order valence-corrected chi connectivity index (χ2v) is 8.33. The van der Waals surface area contributed by atoms with Crippen molar-refractivity contribution in [2.75, 3.05) is 19.6 Å². The van der Waals surface area contributed by atoms with Gasteiger partial charge in [0.25, 0.3) is 0 Å². The van der Waals surface area contributed by atoms with E-state index in [1.165, 1.54) is 0 Å². The minimum atomic E-state index is -3.47. The molecule has 0 unspecified atom stereocenters. The Morgan fingerprint density at radius 1 is 1.26 bits per heavy atom. The molecule has 1 amide bonds. The van der Waals surface area contributed by atoms with Gasteiger partial charge in [-0.15, -0.1) is 0 Å². The summed E-state index contributed by atoms with van der Waals surface area (Å²) >= 11 is 0. The van der Waals surface area contributed by atoms with Gasteiger partial charge in [0.05, 0.1) is 4.90 Å². The lowest BCUT2D eigenvalue weighted by Crippen LogP contribution is -2.54. The van der Waals surface area contributed by atoms with Gasteiger partial charge in [-0.25, -0.2) is 13.1 Å². The van der Waals surface area contributed by atoms with Gasteiger partial charge in [0.15, 0.2) is 0 Å². The molecule has 9 heteroatoms. The zero-order chi connectivity index (χ0) is 19.3. The van der Waals surface area contributed by atoms with E-state index in [2.05, 4.69) is 20.5 Å². The minimum Gasteiger partial charge on any atom is -0.350 e. The highest BCUT2D eigenvalue weighted by Crippen LogP contribution is 2.27. The Morgan fingerprint density at radius 3 is 2.56 bits per heavy atom. The Labute approximate surface area is 159 Å². The summed E-state index contributed by atoms with van der Waals surface area (Å²) in [5, 5.41) is 10.6. The largest absolute Gasteiger partial charge is 0.350 e. The molecule has 1 saturated heterocycles. The molecule has 146 valence electrons. The summed E-state index contributed by atoms with van der Waals surface area (Å²) in [6.07, 6.45) is 4.84. The number of hydrogen-bond acceptors (Lipinski definition) is 5. The maximum Gasteiger partial charge on any atom is 0.248 e. The molecule has 1 aromatic heterocycles. The van der Waals surface area contributed by atoms with Crippen molar-refractivity contribution in [3.05, 3.63) is 48.3 Å². The molecule has 1 fully saturated rings. The number of carbonyl (C=O) groups excluding carboxylic acids is 1. The van der Waals surface area contributed by atoms with E-state index in [4.69, 9.17) is 0 Å². The maximum atomic E-state index is 13.0. The van der Waals surface area contributed by atoms with Gasteiger partial charge in [-0.2, -0.15) is 5.10 Å². The fourth-order valence-electron chi connectivity index (χ4n) is 3.33. The quantitative estimate of drug-likeness (QED) is 0.640. The zero-order valence-electron chi connectivity index (χ0n) is 15.3. The molecule has 0 radical (unpaired) electrons. The summed E-state index contributed by atoms with van der Waals surface area (Å²) in [6.45, 7) is 3.91. The van der Waals surface area contributed by atoms with Crippen LogP contribution in [0.5, 0.6) is 0 Å². The lowest BCUT2D eigenvalue weighted by atomic mass is 9.87. The standard InChI is InChI=1S/C18H25N5O3S/c1-2-22-27(25,26)16-6-4-15(5-7-16)14-20-17(24)18(8-11-19-12-9-18)23-13-3-10-21-23/h3-7,10,13,19,22H,2,8-9,11-12,14H2,1H3,(H,20,24). The first-order valence-corrected chi connectivity index (χ1v) is 10.5. The number of amides is 1. The third kappa shape index (κ3) is 4.20. The van der Waals surface area contributed by atoms with Crippen molar-refractivity contribution in [1.29, 1.82) is 0 Å². The first-order valence-electron chi connectivity index (χ1n) is 9.06. The monoisotopic (exact) mass is 391 g/mol. The number of carbonyl (C=O) groups is 1. The SMILES string of the molecule is CCNS(=O)(=O)c1ccc(CNC(=O)C2(n3cccn3)CCNCC2)cc1. The van der Waals surface area contributed by atoms with E-state index in [0.29, 0.717) is 25.9 Å². The molecular weight excluding hydrogens is 366 g/mol. The van der Waals surface area contributed by atoms with Crippen LogP contribution in [0.4, 0.5) is 0 Å². The Kier molecular flexibility index (Phi) is 5.93. The molecule has 3 N–H and O–H groups in total. The molecule has 3 rings (SSSR count). The van der Waals surface area contributed by atoms with Crippen LogP contribution < -0.4 is 15.4 Å². The van der Waals surface area contributed by atoms with E-state index in [-0.39, 0.29) is 10.8 Å². The van der Waals surface area contributed by atoms with Crippen molar-refractivity contribution in [2.45, 2.75) is 36.7 Å². The lowest BCUT2D eigenvalue weighted by Gasteiger charge is -2.36. The van der Waals surface area contributed by atoms with Crippen LogP contribution >= 0.6 is 0 Å². The van der Waals surface area contributed by atoms with Crippen LogP contribution in [0, 0.1) is 0 Å². The molecule has 1 aliphatic rings. The molecule has 1 aromatic carbocycles. The van der Waals surface area contributed by atoms with Gasteiger partial charge in [0.2, 0.25) is 15.9 Å². The summed E-state index contributed by atoms with van der Waals surface area (Å²) in [6, 6.07) is 8.35. The van der Waals surface area contributed by atoms with Crippen LogP contribution in [0.25, 0.3) is 0 Å². The minimum absolute atomic E-state index is 0.0722. The predicted molar refractivity (Wildman–Crippen MR) is 101 cm³/mol. The second-order valence-electron chi connectivity index (χ2n) is 6.56. The van der Waals surface area contributed by atoms with Crippen molar-refractivity contribution in [3.63, 3.8) is 0 Å². The third-order valence-electron chi connectivity index (χ3n) is 4.82. The van der Waals surface area contributed by atoms with Crippen LogP contribution in [0.1, 0.15) is 25.3 Å². The number of rotatable bonds is 7. The van der Waals surface area contributed by atoms with Crippen LogP contribution in [-0.4, -0.2) is 43.7 Å². The highest BCUT2D eigenvalue weighted by atomic mass is 32.2. The molecule has 0 atom stereocenters. The summed E-state index contributed by atoms with van der Waals surface area (Å²) < 4.78 is 28.2. The van der Waals surface area contributed by atoms with Gasteiger partial charge in [-0.05, 0) is 49.7 Å². The number of hydrogen-bond donors (Lipinski definition) is 3. The molecule has 0 spiro atoms. The number of nitrogens with zero attached hydrogens (tertiary/aromatic N) is 2. The molecule has 0 saturated carbocycles. The summed E-state index contributed by atoms with van der Waals surface area (Å²) in [5.41, 5.74) is 0.145. The van der Waals surface area contributed by atoms with Crippen molar-refractivity contribution >= 4 is 15.9 Å². The van der Waals surface area contributed by atoms with E-state index in [9.17, 15) is 13.2 Å². The number of nitrogens with one attached hydrogen (secondary N) is 3. The average Bonchev–Trinajstić information content (AvgIpc) is 3.22. The summed E-state index contributed by atoms with van der Waals surface area (Å²) in [7, 11) is -3.47. The number of aromatic nitrogens is 2. The molecule has 2 heterocycles.